The lowest BCUT2D eigenvalue weighted by Gasteiger charge is -2.22. The van der Waals surface area contributed by atoms with Crippen molar-refractivity contribution in [3.05, 3.63) is 77.4 Å². The summed E-state index contributed by atoms with van der Waals surface area (Å²) in [5.74, 6) is 1.16. The highest BCUT2D eigenvalue weighted by Gasteiger charge is 2.28. The van der Waals surface area contributed by atoms with Crippen molar-refractivity contribution in [2.24, 2.45) is 5.10 Å². The van der Waals surface area contributed by atoms with Gasteiger partial charge >= 0.3 is 6.03 Å². The summed E-state index contributed by atoms with van der Waals surface area (Å²) in [5, 5.41) is 8.88. The molecule has 0 radical (unpaired) electrons. The van der Waals surface area contributed by atoms with E-state index in [2.05, 4.69) is 5.32 Å². The molecule has 1 atom stereocenters. The van der Waals surface area contributed by atoms with E-state index in [0.717, 1.165) is 22.3 Å². The van der Waals surface area contributed by atoms with Gasteiger partial charge in [0.15, 0.2) is 21.3 Å². The van der Waals surface area contributed by atoms with Crippen molar-refractivity contribution in [1.82, 2.24) is 10.3 Å². The maximum atomic E-state index is 12.7. The quantitative estimate of drug-likeness (QED) is 0.561. The van der Waals surface area contributed by atoms with Crippen molar-refractivity contribution in [2.75, 3.05) is 27.5 Å². The van der Waals surface area contributed by atoms with Crippen LogP contribution in [-0.4, -0.2) is 58.7 Å². The van der Waals surface area contributed by atoms with E-state index in [0.29, 0.717) is 29.2 Å². The predicted octanol–water partition coefficient (Wildman–Crippen LogP) is 4.11. The summed E-state index contributed by atoms with van der Waals surface area (Å²) in [6.07, 6.45) is 1.77. The first kappa shape index (κ1) is 25.2. The summed E-state index contributed by atoms with van der Waals surface area (Å²) >= 11 is 0. The molecule has 0 saturated carbocycles. The molecule has 1 unspecified atom stereocenters. The third-order valence-corrected chi connectivity index (χ3v) is 7.34. The lowest BCUT2D eigenvalue weighted by atomic mass is 9.93. The molecule has 1 N–H and O–H groups in total. The highest BCUT2D eigenvalue weighted by molar-refractivity contribution is 7.90. The fourth-order valence-electron chi connectivity index (χ4n) is 4.38. The molecule has 0 bridgehead atoms. The Bertz CT molecular complexity index is 1430. The van der Waals surface area contributed by atoms with Gasteiger partial charge in [0.05, 0.1) is 30.9 Å². The van der Waals surface area contributed by atoms with Crippen LogP contribution in [0.25, 0.3) is 11.1 Å². The number of nitrogens with zero attached hydrogens (tertiary/aromatic N) is 2. The lowest BCUT2D eigenvalue weighted by Crippen LogP contribution is -2.41. The Balaban J connectivity index is 1.88. The van der Waals surface area contributed by atoms with Gasteiger partial charge in [-0.25, -0.2) is 18.2 Å². The Morgan fingerprint density at radius 2 is 1.58 bits per heavy atom. The molecule has 188 valence electrons. The van der Waals surface area contributed by atoms with E-state index < -0.39 is 9.84 Å². The summed E-state index contributed by atoms with van der Waals surface area (Å²) in [5.41, 5.74) is 4.56. The first-order valence-electron chi connectivity index (χ1n) is 11.4. The normalized spacial score (nSPS) is 15.4. The number of amides is 2. The molecule has 0 aliphatic carbocycles. The lowest BCUT2D eigenvalue weighted by molar-refractivity contribution is 0.184. The van der Waals surface area contributed by atoms with E-state index in [1.54, 1.807) is 39.5 Å². The van der Waals surface area contributed by atoms with Crippen LogP contribution in [0, 0.1) is 0 Å². The zero-order valence-corrected chi connectivity index (χ0v) is 21.7. The summed E-state index contributed by atoms with van der Waals surface area (Å²) in [7, 11) is 1.34. The highest BCUT2D eigenvalue weighted by atomic mass is 32.2. The number of urea groups is 1. The molecule has 1 aliphatic rings. The molecule has 0 fully saturated rings. The Kier molecular flexibility index (Phi) is 7.03. The molecule has 1 heterocycles. The molecule has 2 amide bonds. The number of carbonyl (C=O) groups excluding carboxylic acids is 1. The average Bonchev–Trinajstić information content (AvgIpc) is 3.02. The summed E-state index contributed by atoms with van der Waals surface area (Å²) in [6.45, 7) is 1.94. The number of ether oxygens (including phenoxy) is 2. The molecule has 36 heavy (non-hydrogen) atoms. The number of carbonyl (C=O) groups is 1. The van der Waals surface area contributed by atoms with Crippen LogP contribution in [-0.2, 0) is 16.3 Å². The van der Waals surface area contributed by atoms with Crippen molar-refractivity contribution in [1.29, 1.82) is 0 Å². The van der Waals surface area contributed by atoms with Gasteiger partial charge in [-0.15, -0.1) is 0 Å². The second-order valence-corrected chi connectivity index (χ2v) is 10.6. The maximum Gasteiger partial charge on any atom is 0.337 e. The molecule has 1 aliphatic heterocycles. The van der Waals surface area contributed by atoms with Gasteiger partial charge in [0.2, 0.25) is 0 Å². The Morgan fingerprint density at radius 3 is 2.19 bits per heavy atom. The van der Waals surface area contributed by atoms with E-state index in [1.165, 1.54) is 11.3 Å². The Labute approximate surface area is 211 Å². The number of sulfone groups is 1. The minimum Gasteiger partial charge on any atom is -0.493 e. The fourth-order valence-corrected chi connectivity index (χ4v) is 5.30. The molecular weight excluding hydrogens is 478 g/mol. The van der Waals surface area contributed by atoms with Crippen LogP contribution in [0.15, 0.2) is 70.7 Å². The largest absolute Gasteiger partial charge is 0.493 e. The second kappa shape index (κ2) is 10.0. The number of hydrogen-bond acceptors (Lipinski definition) is 6. The van der Waals surface area contributed by atoms with Gasteiger partial charge in [-0.2, -0.15) is 5.10 Å². The van der Waals surface area contributed by atoms with Crippen LogP contribution in [0.1, 0.15) is 23.6 Å². The van der Waals surface area contributed by atoms with Crippen LogP contribution >= 0.6 is 0 Å². The van der Waals surface area contributed by atoms with Crippen molar-refractivity contribution < 1.29 is 22.7 Å². The molecule has 3 aromatic rings. The number of hydrogen-bond donors (Lipinski definition) is 1. The van der Waals surface area contributed by atoms with Crippen molar-refractivity contribution in [2.45, 2.75) is 24.3 Å². The predicted molar refractivity (Wildman–Crippen MR) is 140 cm³/mol. The highest BCUT2D eigenvalue weighted by Crippen LogP contribution is 2.35. The van der Waals surface area contributed by atoms with Crippen molar-refractivity contribution >= 4 is 21.6 Å². The molecule has 9 heteroatoms. The van der Waals surface area contributed by atoms with Crippen molar-refractivity contribution in [3.63, 3.8) is 0 Å². The van der Waals surface area contributed by atoms with Gasteiger partial charge in [-0.1, -0.05) is 42.5 Å². The molecule has 3 aromatic carbocycles. The molecule has 0 aromatic heterocycles. The summed E-state index contributed by atoms with van der Waals surface area (Å²) in [4.78, 5) is 12.9. The standard InChI is InChI=1S/C27H29N3O5S/c1-17-14-20-15-23(34-3)24(35-4)16-22(20)26(29-30(17)27(31)28-2)19-12-10-18(11-13-19)21-8-6-7-9-25(21)36(5,32)33/h6-13,15-17H,14H2,1-5H3,(H,28,31). The van der Waals surface area contributed by atoms with Crippen molar-refractivity contribution in [3.8, 4) is 22.6 Å². The van der Waals surface area contributed by atoms with Crippen LogP contribution < -0.4 is 14.8 Å². The number of rotatable bonds is 5. The van der Waals surface area contributed by atoms with Gasteiger partial charge < -0.3 is 14.8 Å². The zero-order valence-electron chi connectivity index (χ0n) is 20.9. The smallest absolute Gasteiger partial charge is 0.337 e. The third-order valence-electron chi connectivity index (χ3n) is 6.18. The Morgan fingerprint density at radius 1 is 0.972 bits per heavy atom. The number of benzene rings is 3. The number of methoxy groups -OCH3 is 2. The van der Waals surface area contributed by atoms with Gasteiger partial charge in [0.1, 0.15) is 0 Å². The monoisotopic (exact) mass is 507 g/mol. The SMILES string of the molecule is CNC(=O)N1N=C(c2ccc(-c3ccccc3S(C)(=O)=O)cc2)c2cc(OC)c(OC)cc2CC1C. The fraction of sp³-hybridized carbons (Fsp3) is 0.259. The van der Waals surface area contributed by atoms with Crippen LogP contribution in [0.4, 0.5) is 4.79 Å². The van der Waals surface area contributed by atoms with Gasteiger partial charge in [-0.3, -0.25) is 0 Å². The maximum absolute atomic E-state index is 12.7. The van der Waals surface area contributed by atoms with Crippen LogP contribution in [0.5, 0.6) is 11.5 Å². The number of hydrazone groups is 1. The van der Waals surface area contributed by atoms with E-state index in [9.17, 15) is 13.2 Å². The average molecular weight is 508 g/mol. The molecule has 0 saturated heterocycles. The third kappa shape index (κ3) is 4.79. The van der Waals surface area contributed by atoms with Gasteiger partial charge in [-0.05, 0) is 42.7 Å². The topological polar surface area (TPSA) is 97.3 Å². The minimum absolute atomic E-state index is 0.208. The minimum atomic E-state index is -3.40. The van der Waals surface area contributed by atoms with Crippen LogP contribution in [0.2, 0.25) is 0 Å². The molecular formula is C27H29N3O5S. The summed E-state index contributed by atoms with van der Waals surface area (Å²) in [6, 6.07) is 17.7. The first-order valence-corrected chi connectivity index (χ1v) is 13.3. The molecule has 0 spiro atoms. The van der Waals surface area contributed by atoms with E-state index >= 15 is 0 Å². The summed E-state index contributed by atoms with van der Waals surface area (Å²) < 4.78 is 35.7. The zero-order chi connectivity index (χ0) is 26.0. The number of fused-ring (bicyclic) bond motifs is 1. The van der Waals surface area contributed by atoms with Gasteiger partial charge in [0, 0.05) is 30.0 Å². The van der Waals surface area contributed by atoms with E-state index in [1.807, 2.05) is 49.4 Å². The molecule has 8 nitrogen and oxygen atoms in total. The second-order valence-electron chi connectivity index (χ2n) is 8.61. The van der Waals surface area contributed by atoms with Crippen LogP contribution in [0.3, 0.4) is 0 Å². The van der Waals surface area contributed by atoms with Gasteiger partial charge in [0.25, 0.3) is 0 Å². The first-order chi connectivity index (χ1) is 17.2. The number of nitrogens with one attached hydrogen (secondary N) is 1. The molecule has 4 rings (SSSR count). The van der Waals surface area contributed by atoms with E-state index in [-0.39, 0.29) is 17.0 Å². The Hall–Kier alpha value is -3.85. The van der Waals surface area contributed by atoms with E-state index in [4.69, 9.17) is 14.6 Å².